The summed E-state index contributed by atoms with van der Waals surface area (Å²) in [7, 11) is 2.27. The Morgan fingerprint density at radius 3 is 1.68 bits per heavy atom. The van der Waals surface area contributed by atoms with Crippen molar-refractivity contribution in [3.8, 4) is 0 Å². The van der Waals surface area contributed by atoms with Crippen LogP contribution in [0, 0.1) is 0 Å². The Labute approximate surface area is 245 Å². The monoisotopic (exact) mass is 557 g/mol. The summed E-state index contributed by atoms with van der Waals surface area (Å²) < 4.78 is 0. The highest BCUT2D eigenvalue weighted by atomic mass is 35.5. The number of rotatable bonds is 11. The van der Waals surface area contributed by atoms with Crippen molar-refractivity contribution >= 4 is 45.6 Å². The fraction of sp³-hybridized carbons (Fsp3) is 0.471. The normalized spacial score (nSPS) is 14.6. The number of benzene rings is 2. The van der Waals surface area contributed by atoms with Crippen LogP contribution < -0.4 is 10.6 Å². The Morgan fingerprint density at radius 1 is 0.625 bits per heavy atom. The molecular weight excluding hydrogens is 514 g/mol. The van der Waals surface area contributed by atoms with Gasteiger partial charge in [-0.3, -0.25) is 9.97 Å². The van der Waals surface area contributed by atoms with E-state index in [1.165, 1.54) is 83.2 Å². The van der Waals surface area contributed by atoms with Crippen LogP contribution in [-0.2, 0) is 25.7 Å². The molecule has 0 spiro atoms. The van der Waals surface area contributed by atoms with Gasteiger partial charge < -0.3 is 15.5 Å². The molecule has 2 aromatic heterocycles. The number of nitrogens with one attached hydrogen (secondary N) is 2. The van der Waals surface area contributed by atoms with E-state index < -0.39 is 0 Å². The van der Waals surface area contributed by atoms with Crippen LogP contribution in [0.15, 0.2) is 48.5 Å². The Bertz CT molecular complexity index is 1440. The van der Waals surface area contributed by atoms with E-state index >= 15 is 0 Å². The van der Waals surface area contributed by atoms with E-state index in [4.69, 9.17) is 9.97 Å². The molecule has 5 nitrogen and oxygen atoms in total. The van der Waals surface area contributed by atoms with Crippen LogP contribution in [0.2, 0.25) is 0 Å². The van der Waals surface area contributed by atoms with E-state index in [1.807, 2.05) is 0 Å². The number of unbranched alkanes of at least 4 members (excludes halogenated alkanes) is 1. The summed E-state index contributed by atoms with van der Waals surface area (Å²) in [5, 5.41) is 10.2. The van der Waals surface area contributed by atoms with Gasteiger partial charge in [-0.25, -0.2) is 0 Å². The molecule has 2 N–H and O–H groups in total. The molecule has 0 bridgehead atoms. The molecule has 2 aromatic carbocycles. The van der Waals surface area contributed by atoms with Gasteiger partial charge in [-0.2, -0.15) is 0 Å². The van der Waals surface area contributed by atoms with Gasteiger partial charge in [0.05, 0.1) is 11.0 Å². The molecule has 0 radical (unpaired) electrons. The molecule has 2 heterocycles. The van der Waals surface area contributed by atoms with E-state index in [0.717, 1.165) is 69.3 Å². The number of para-hydroxylation sites is 2. The van der Waals surface area contributed by atoms with E-state index in [0.29, 0.717) is 0 Å². The summed E-state index contributed by atoms with van der Waals surface area (Å²) in [6.07, 6.45) is 13.2. The number of anilines is 2. The van der Waals surface area contributed by atoms with Crippen molar-refractivity contribution in [3.05, 3.63) is 71.0 Å². The maximum Gasteiger partial charge on any atom is 0.0726 e. The van der Waals surface area contributed by atoms with Crippen LogP contribution in [0.3, 0.4) is 0 Å². The Morgan fingerprint density at radius 2 is 1.10 bits per heavy atom. The molecule has 0 aliphatic heterocycles. The van der Waals surface area contributed by atoms with Crippen molar-refractivity contribution in [2.45, 2.75) is 70.6 Å². The molecule has 0 fully saturated rings. The van der Waals surface area contributed by atoms with Gasteiger partial charge in [0.1, 0.15) is 0 Å². The van der Waals surface area contributed by atoms with Crippen LogP contribution in [0.25, 0.3) is 21.8 Å². The molecule has 4 aromatic rings. The molecule has 2 aliphatic carbocycles. The quantitative estimate of drug-likeness (QED) is 0.186. The van der Waals surface area contributed by atoms with Gasteiger partial charge >= 0.3 is 0 Å². The summed E-state index contributed by atoms with van der Waals surface area (Å²) in [6.45, 7) is 4.29. The van der Waals surface area contributed by atoms with E-state index in [-0.39, 0.29) is 12.4 Å². The van der Waals surface area contributed by atoms with Gasteiger partial charge in [0, 0.05) is 46.6 Å². The SMILES string of the molecule is CN(CCCCNc1c2c(nc3ccccc13)CCCC2)CCCNc1c2c(nc3ccccc13)CCCC2.Cl. The summed E-state index contributed by atoms with van der Waals surface area (Å²) in [5.41, 5.74) is 10.5. The van der Waals surface area contributed by atoms with E-state index in [2.05, 4.69) is 71.1 Å². The smallest absolute Gasteiger partial charge is 0.0726 e. The average Bonchev–Trinajstić information content (AvgIpc) is 2.98. The van der Waals surface area contributed by atoms with Crippen LogP contribution in [0.4, 0.5) is 11.4 Å². The summed E-state index contributed by atoms with van der Waals surface area (Å²) in [5.74, 6) is 0. The third-order valence-corrected chi connectivity index (χ3v) is 8.63. The molecule has 0 amide bonds. The second-order valence-corrected chi connectivity index (χ2v) is 11.5. The first-order valence-corrected chi connectivity index (χ1v) is 15.3. The minimum Gasteiger partial charge on any atom is -0.384 e. The minimum absolute atomic E-state index is 0. The maximum absolute atomic E-state index is 4.98. The number of halogens is 1. The Hall–Kier alpha value is -2.89. The molecule has 40 heavy (non-hydrogen) atoms. The van der Waals surface area contributed by atoms with Gasteiger partial charge in [-0.1, -0.05) is 36.4 Å². The highest BCUT2D eigenvalue weighted by molar-refractivity contribution is 5.94. The number of pyridine rings is 2. The zero-order valence-corrected chi connectivity index (χ0v) is 24.8. The first-order chi connectivity index (χ1) is 19.3. The number of fused-ring (bicyclic) bond motifs is 4. The predicted octanol–water partition coefficient (Wildman–Crippen LogP) is 7.59. The number of aryl methyl sites for hydroxylation is 2. The third kappa shape index (κ3) is 6.37. The van der Waals surface area contributed by atoms with E-state index in [9.17, 15) is 0 Å². The number of aromatic nitrogens is 2. The number of hydrogen-bond acceptors (Lipinski definition) is 5. The fourth-order valence-electron chi connectivity index (χ4n) is 6.54. The van der Waals surface area contributed by atoms with Crippen molar-refractivity contribution < 1.29 is 0 Å². The zero-order chi connectivity index (χ0) is 26.4. The summed E-state index contributed by atoms with van der Waals surface area (Å²) in [4.78, 5) is 12.5. The molecule has 2 aliphatic rings. The van der Waals surface area contributed by atoms with Crippen molar-refractivity contribution in [2.75, 3.05) is 43.9 Å². The topological polar surface area (TPSA) is 53.1 Å². The van der Waals surface area contributed by atoms with Crippen LogP contribution in [0.5, 0.6) is 0 Å². The minimum atomic E-state index is 0. The lowest BCUT2D eigenvalue weighted by Gasteiger charge is -2.23. The lowest BCUT2D eigenvalue weighted by Crippen LogP contribution is -2.23. The molecular formula is C34H44ClN5. The Kier molecular flexibility index (Phi) is 9.77. The van der Waals surface area contributed by atoms with Gasteiger partial charge in [0.25, 0.3) is 0 Å². The number of hydrogen-bond donors (Lipinski definition) is 2. The predicted molar refractivity (Wildman–Crippen MR) is 172 cm³/mol. The van der Waals surface area contributed by atoms with Crippen LogP contribution >= 0.6 is 12.4 Å². The molecule has 0 unspecified atom stereocenters. The highest BCUT2D eigenvalue weighted by Gasteiger charge is 2.19. The van der Waals surface area contributed by atoms with Crippen molar-refractivity contribution in [3.63, 3.8) is 0 Å². The Balaban J connectivity index is 0.00000323. The summed E-state index contributed by atoms with van der Waals surface area (Å²) in [6, 6.07) is 17.3. The molecule has 6 rings (SSSR count). The van der Waals surface area contributed by atoms with Gasteiger partial charge in [0.2, 0.25) is 0 Å². The zero-order valence-electron chi connectivity index (χ0n) is 24.0. The van der Waals surface area contributed by atoms with Gasteiger partial charge in [-0.05, 0) is 114 Å². The second kappa shape index (κ2) is 13.6. The molecule has 0 saturated carbocycles. The summed E-state index contributed by atoms with van der Waals surface area (Å²) >= 11 is 0. The van der Waals surface area contributed by atoms with Crippen molar-refractivity contribution in [2.24, 2.45) is 0 Å². The molecule has 212 valence electrons. The largest absolute Gasteiger partial charge is 0.384 e. The third-order valence-electron chi connectivity index (χ3n) is 8.63. The number of nitrogens with zero attached hydrogens (tertiary/aromatic N) is 3. The first-order valence-electron chi connectivity index (χ1n) is 15.3. The first kappa shape index (κ1) is 28.6. The standard InChI is InChI=1S/C34H43N5.ClH/c1-39(24-12-22-36-34-27-15-4-8-19-31(27)38-32-20-9-5-16-28(32)34)23-11-10-21-35-33-25-13-2-6-17-29(25)37-30-18-7-3-14-26(30)33;/h2,4,6,8,13,15,17,19H,3,5,7,9-12,14,16,18,20-24H2,1H3,(H,35,37)(H,36,38);1H. The molecule has 0 atom stereocenters. The highest BCUT2D eigenvalue weighted by Crippen LogP contribution is 2.34. The van der Waals surface area contributed by atoms with Gasteiger partial charge in [-0.15, -0.1) is 12.4 Å². The van der Waals surface area contributed by atoms with Crippen LogP contribution in [-0.4, -0.2) is 48.1 Å². The van der Waals surface area contributed by atoms with Crippen LogP contribution in [0.1, 0.15) is 67.5 Å². The fourth-order valence-corrected chi connectivity index (χ4v) is 6.54. The lowest BCUT2D eigenvalue weighted by atomic mass is 9.92. The van der Waals surface area contributed by atoms with Crippen molar-refractivity contribution in [1.82, 2.24) is 14.9 Å². The molecule has 6 heteroatoms. The maximum atomic E-state index is 4.98. The second-order valence-electron chi connectivity index (χ2n) is 11.5. The van der Waals surface area contributed by atoms with Crippen molar-refractivity contribution in [1.29, 1.82) is 0 Å². The average molecular weight is 558 g/mol. The van der Waals surface area contributed by atoms with Gasteiger partial charge in [0.15, 0.2) is 0 Å². The lowest BCUT2D eigenvalue weighted by molar-refractivity contribution is 0.326. The van der Waals surface area contributed by atoms with E-state index in [1.54, 1.807) is 0 Å². The molecule has 0 saturated heterocycles.